The smallest absolute Gasteiger partial charge is 0.244 e. The highest BCUT2D eigenvalue weighted by Crippen LogP contribution is 2.24. The third-order valence-corrected chi connectivity index (χ3v) is 4.90. The number of piperazine rings is 1. The number of benzene rings is 1. The molecule has 2 aliphatic heterocycles. The minimum atomic E-state index is -0.340. The van der Waals surface area contributed by atoms with Crippen molar-refractivity contribution in [3.8, 4) is 0 Å². The van der Waals surface area contributed by atoms with Crippen LogP contribution in [0.15, 0.2) is 24.3 Å². The minimum absolute atomic E-state index is 0.0137. The number of nitrogens with one attached hydrogen (secondary N) is 3. The van der Waals surface area contributed by atoms with E-state index in [1.165, 1.54) is 0 Å². The standard InChI is InChI=1S/C18H24N6O/c1-11(2)16-18(25)22-15-9-19-7-8-24(15)10-14-20-13-6-4-3-5-12(13)17(21-14)23-16/h3-6,11,15-16,19H,7-10H2,1-2H3,(H,22,25)(H,20,21,23)/t15?,16-/m0/s1. The Hall–Kier alpha value is -2.25. The lowest BCUT2D eigenvalue weighted by atomic mass is 10.0. The largest absolute Gasteiger partial charge is 0.358 e. The highest BCUT2D eigenvalue weighted by molar-refractivity contribution is 5.92. The van der Waals surface area contributed by atoms with Crippen LogP contribution in [0.2, 0.25) is 0 Å². The number of anilines is 1. The summed E-state index contributed by atoms with van der Waals surface area (Å²) >= 11 is 0. The van der Waals surface area contributed by atoms with Gasteiger partial charge in [0.05, 0.1) is 18.2 Å². The van der Waals surface area contributed by atoms with E-state index in [-0.39, 0.29) is 24.0 Å². The topological polar surface area (TPSA) is 82.2 Å². The Morgan fingerprint density at radius 2 is 2.04 bits per heavy atom. The summed E-state index contributed by atoms with van der Waals surface area (Å²) in [5, 5.41) is 10.9. The summed E-state index contributed by atoms with van der Waals surface area (Å²) in [7, 11) is 0. The van der Waals surface area contributed by atoms with Gasteiger partial charge in [-0.1, -0.05) is 26.0 Å². The number of nitrogens with zero attached hydrogens (tertiary/aromatic N) is 3. The molecule has 2 aromatic rings. The number of hydrogen-bond donors (Lipinski definition) is 3. The Bertz CT molecular complexity index is 792. The molecule has 7 heteroatoms. The number of rotatable bonds is 1. The third kappa shape index (κ3) is 3.17. The van der Waals surface area contributed by atoms with Crippen LogP contribution in [0.4, 0.5) is 5.82 Å². The Morgan fingerprint density at radius 1 is 1.20 bits per heavy atom. The molecular weight excluding hydrogens is 316 g/mol. The molecule has 0 radical (unpaired) electrons. The summed E-state index contributed by atoms with van der Waals surface area (Å²) in [6.07, 6.45) is -0.0408. The molecule has 0 aliphatic carbocycles. The average molecular weight is 340 g/mol. The van der Waals surface area contributed by atoms with Crippen LogP contribution in [0.3, 0.4) is 0 Å². The molecule has 1 amide bonds. The van der Waals surface area contributed by atoms with Crippen molar-refractivity contribution in [1.29, 1.82) is 0 Å². The summed E-state index contributed by atoms with van der Waals surface area (Å²) in [5.74, 6) is 1.68. The SMILES string of the molecule is CC(C)[C@@H]1Nc2nc(nc3ccccc23)CN2CCNCC2NC1=O. The van der Waals surface area contributed by atoms with Gasteiger partial charge in [0.2, 0.25) is 5.91 Å². The molecule has 7 nitrogen and oxygen atoms in total. The first-order valence-electron chi connectivity index (χ1n) is 8.89. The third-order valence-electron chi connectivity index (χ3n) is 4.90. The van der Waals surface area contributed by atoms with Gasteiger partial charge < -0.3 is 16.0 Å². The van der Waals surface area contributed by atoms with E-state index in [1.807, 2.05) is 38.1 Å². The molecule has 2 bridgehead atoms. The number of para-hydroxylation sites is 1. The molecule has 1 fully saturated rings. The number of aromatic nitrogens is 2. The van der Waals surface area contributed by atoms with Gasteiger partial charge in [0.25, 0.3) is 0 Å². The van der Waals surface area contributed by atoms with Crippen molar-refractivity contribution in [2.24, 2.45) is 5.92 Å². The van der Waals surface area contributed by atoms with E-state index in [0.29, 0.717) is 6.54 Å². The molecule has 132 valence electrons. The van der Waals surface area contributed by atoms with Crippen LogP contribution in [0.1, 0.15) is 19.7 Å². The summed E-state index contributed by atoms with van der Waals surface area (Å²) < 4.78 is 0. The fourth-order valence-electron chi connectivity index (χ4n) is 3.50. The number of carbonyl (C=O) groups excluding carboxylic acids is 1. The van der Waals surface area contributed by atoms with Crippen molar-refractivity contribution in [3.63, 3.8) is 0 Å². The molecule has 3 N–H and O–H groups in total. The van der Waals surface area contributed by atoms with Crippen molar-refractivity contribution < 1.29 is 4.79 Å². The van der Waals surface area contributed by atoms with Gasteiger partial charge in [0.15, 0.2) is 0 Å². The van der Waals surface area contributed by atoms with Crippen molar-refractivity contribution in [1.82, 2.24) is 25.5 Å². The quantitative estimate of drug-likeness (QED) is 0.716. The first-order valence-corrected chi connectivity index (χ1v) is 8.89. The zero-order valence-corrected chi connectivity index (χ0v) is 14.6. The van der Waals surface area contributed by atoms with Gasteiger partial charge in [-0.05, 0) is 18.1 Å². The molecule has 0 saturated carbocycles. The summed E-state index contributed by atoms with van der Waals surface area (Å²) in [5.41, 5.74) is 0.908. The molecule has 1 aromatic heterocycles. The molecule has 2 aliphatic rings. The van der Waals surface area contributed by atoms with Crippen LogP contribution in [-0.2, 0) is 11.3 Å². The average Bonchev–Trinajstić information content (AvgIpc) is 2.60. The summed E-state index contributed by atoms with van der Waals surface area (Å²) in [4.78, 5) is 24.6. The van der Waals surface area contributed by atoms with Crippen LogP contribution in [0.5, 0.6) is 0 Å². The van der Waals surface area contributed by atoms with E-state index < -0.39 is 0 Å². The predicted octanol–water partition coefficient (Wildman–Crippen LogP) is 0.927. The molecule has 1 aromatic carbocycles. The molecule has 4 rings (SSSR count). The van der Waals surface area contributed by atoms with Gasteiger partial charge in [0, 0.05) is 25.0 Å². The first-order chi connectivity index (χ1) is 12.1. The van der Waals surface area contributed by atoms with Gasteiger partial charge in [-0.25, -0.2) is 9.97 Å². The van der Waals surface area contributed by atoms with E-state index in [2.05, 4.69) is 20.9 Å². The second-order valence-electron chi connectivity index (χ2n) is 7.07. The lowest BCUT2D eigenvalue weighted by molar-refractivity contribution is -0.125. The molecule has 1 saturated heterocycles. The van der Waals surface area contributed by atoms with E-state index in [0.717, 1.165) is 42.2 Å². The van der Waals surface area contributed by atoms with Crippen LogP contribution in [0, 0.1) is 5.92 Å². The van der Waals surface area contributed by atoms with Crippen LogP contribution in [-0.4, -0.2) is 52.6 Å². The maximum atomic E-state index is 12.9. The number of hydrogen-bond acceptors (Lipinski definition) is 6. The van der Waals surface area contributed by atoms with Crippen LogP contribution >= 0.6 is 0 Å². The molecule has 2 atom stereocenters. The number of fused-ring (bicyclic) bond motifs is 5. The van der Waals surface area contributed by atoms with Gasteiger partial charge in [0.1, 0.15) is 17.7 Å². The maximum absolute atomic E-state index is 12.9. The fourth-order valence-corrected chi connectivity index (χ4v) is 3.50. The van der Waals surface area contributed by atoms with Gasteiger partial charge in [-0.3, -0.25) is 9.69 Å². The fraction of sp³-hybridized carbons (Fsp3) is 0.500. The summed E-state index contributed by atoms with van der Waals surface area (Å²) in [6.45, 7) is 7.21. The second kappa shape index (κ2) is 6.57. The summed E-state index contributed by atoms with van der Waals surface area (Å²) in [6, 6.07) is 7.61. The number of amides is 1. The van der Waals surface area contributed by atoms with E-state index in [1.54, 1.807) is 0 Å². The Balaban J connectivity index is 1.83. The maximum Gasteiger partial charge on any atom is 0.244 e. The predicted molar refractivity (Wildman–Crippen MR) is 97.0 cm³/mol. The lowest BCUT2D eigenvalue weighted by Crippen LogP contribution is -2.61. The van der Waals surface area contributed by atoms with E-state index >= 15 is 0 Å². The molecule has 1 unspecified atom stereocenters. The zero-order valence-electron chi connectivity index (χ0n) is 14.6. The van der Waals surface area contributed by atoms with Crippen molar-refractivity contribution in [2.75, 3.05) is 25.0 Å². The monoisotopic (exact) mass is 340 g/mol. The lowest BCUT2D eigenvalue weighted by Gasteiger charge is -2.38. The van der Waals surface area contributed by atoms with Crippen molar-refractivity contribution in [2.45, 2.75) is 32.6 Å². The van der Waals surface area contributed by atoms with Gasteiger partial charge >= 0.3 is 0 Å². The van der Waals surface area contributed by atoms with Crippen LogP contribution in [0.25, 0.3) is 10.9 Å². The van der Waals surface area contributed by atoms with Gasteiger partial charge in [-0.15, -0.1) is 0 Å². The Morgan fingerprint density at radius 3 is 2.88 bits per heavy atom. The van der Waals surface area contributed by atoms with Crippen molar-refractivity contribution >= 4 is 22.6 Å². The van der Waals surface area contributed by atoms with Crippen LogP contribution < -0.4 is 16.0 Å². The number of carbonyl (C=O) groups is 1. The zero-order chi connectivity index (χ0) is 17.4. The first kappa shape index (κ1) is 16.2. The highest BCUT2D eigenvalue weighted by Gasteiger charge is 2.31. The van der Waals surface area contributed by atoms with Crippen molar-refractivity contribution in [3.05, 3.63) is 30.1 Å². The molecular formula is C18H24N6O. The highest BCUT2D eigenvalue weighted by atomic mass is 16.2. The second-order valence-corrected chi connectivity index (χ2v) is 7.07. The Kier molecular flexibility index (Phi) is 4.27. The molecule has 25 heavy (non-hydrogen) atoms. The Labute approximate surface area is 147 Å². The van der Waals surface area contributed by atoms with E-state index in [4.69, 9.17) is 9.97 Å². The molecule has 3 heterocycles. The normalized spacial score (nSPS) is 24.5. The minimum Gasteiger partial charge on any atom is -0.358 e. The van der Waals surface area contributed by atoms with Gasteiger partial charge in [-0.2, -0.15) is 0 Å². The molecule has 0 spiro atoms. The van der Waals surface area contributed by atoms with E-state index in [9.17, 15) is 4.79 Å².